The minimum absolute atomic E-state index is 0.0547. The number of carbonyl (C=O) groups excluding carboxylic acids is 2. The number of benzene rings is 1. The van der Waals surface area contributed by atoms with Crippen LogP contribution < -0.4 is 10.9 Å². The average molecular weight is 559 g/mol. The predicted molar refractivity (Wildman–Crippen MR) is 131 cm³/mol. The third kappa shape index (κ3) is 5.23. The van der Waals surface area contributed by atoms with Gasteiger partial charge in [-0.25, -0.2) is 4.57 Å². The molecule has 2 heterocycles. The van der Waals surface area contributed by atoms with Gasteiger partial charge in [0.1, 0.15) is 6.26 Å². The maximum Gasteiger partial charge on any atom is 0.417 e. The van der Waals surface area contributed by atoms with E-state index in [4.69, 9.17) is 11.6 Å². The van der Waals surface area contributed by atoms with Gasteiger partial charge in [-0.15, -0.1) is 0 Å². The SMILES string of the molecule is CNC(=O)[C@H]1CC[C@H](n2c([S+](C)[O-])nc3c(c2=O)C[C@@H](C)N(C(=O)c2ccc(Cl)c(C(F)(F)F)c2)C3)C1. The molecule has 1 saturated carbocycles. The lowest BCUT2D eigenvalue weighted by atomic mass is 9.98. The largest absolute Gasteiger partial charge is 0.609 e. The zero-order valence-electron chi connectivity index (χ0n) is 20.4. The van der Waals surface area contributed by atoms with Crippen LogP contribution in [0.25, 0.3) is 0 Å². The maximum absolute atomic E-state index is 13.6. The molecule has 200 valence electrons. The summed E-state index contributed by atoms with van der Waals surface area (Å²) in [6.07, 6.45) is -1.63. The van der Waals surface area contributed by atoms with Crippen molar-refractivity contribution in [1.82, 2.24) is 19.8 Å². The van der Waals surface area contributed by atoms with Crippen LogP contribution in [-0.4, -0.2) is 50.2 Å². The maximum atomic E-state index is 13.6. The van der Waals surface area contributed by atoms with Gasteiger partial charge in [-0.2, -0.15) is 18.2 Å². The number of nitrogens with one attached hydrogen (secondary N) is 1. The molecule has 4 atom stereocenters. The minimum atomic E-state index is -4.72. The molecule has 1 aromatic carbocycles. The van der Waals surface area contributed by atoms with Crippen molar-refractivity contribution < 1.29 is 27.3 Å². The van der Waals surface area contributed by atoms with Crippen LogP contribution in [0.5, 0.6) is 0 Å². The molecule has 1 aliphatic heterocycles. The highest BCUT2D eigenvalue weighted by Gasteiger charge is 2.39. The van der Waals surface area contributed by atoms with E-state index < -0.39 is 39.9 Å². The second-order valence-corrected chi connectivity index (χ2v) is 11.1. The van der Waals surface area contributed by atoms with Gasteiger partial charge < -0.3 is 14.8 Å². The summed E-state index contributed by atoms with van der Waals surface area (Å²) in [4.78, 5) is 44.8. The fraction of sp³-hybridized carbons (Fsp3) is 0.500. The first kappa shape index (κ1) is 27.5. The number of alkyl halides is 3. The molecule has 0 spiro atoms. The number of nitrogens with zero attached hydrogens (tertiary/aromatic N) is 3. The Morgan fingerprint density at radius 3 is 2.59 bits per heavy atom. The monoisotopic (exact) mass is 558 g/mol. The van der Waals surface area contributed by atoms with Crippen molar-refractivity contribution in [2.24, 2.45) is 5.92 Å². The van der Waals surface area contributed by atoms with E-state index in [1.165, 1.54) is 21.8 Å². The molecule has 0 bridgehead atoms. The van der Waals surface area contributed by atoms with Gasteiger partial charge in [0.05, 0.1) is 22.8 Å². The van der Waals surface area contributed by atoms with E-state index in [0.29, 0.717) is 30.9 Å². The van der Waals surface area contributed by atoms with E-state index in [0.717, 1.165) is 6.07 Å². The van der Waals surface area contributed by atoms with E-state index in [-0.39, 0.29) is 52.8 Å². The molecule has 37 heavy (non-hydrogen) atoms. The lowest BCUT2D eigenvalue weighted by Gasteiger charge is -2.35. The highest BCUT2D eigenvalue weighted by Crippen LogP contribution is 2.37. The van der Waals surface area contributed by atoms with Crippen LogP contribution in [0.4, 0.5) is 13.2 Å². The number of fused-ring (bicyclic) bond motifs is 1. The van der Waals surface area contributed by atoms with Crippen molar-refractivity contribution in [2.45, 2.75) is 62.6 Å². The fourth-order valence-corrected chi connectivity index (χ4v) is 6.10. The molecule has 2 aliphatic rings. The molecule has 1 unspecified atom stereocenters. The molecule has 0 saturated heterocycles. The first-order chi connectivity index (χ1) is 17.3. The van der Waals surface area contributed by atoms with Crippen molar-refractivity contribution in [3.63, 3.8) is 0 Å². The predicted octanol–water partition coefficient (Wildman–Crippen LogP) is 3.33. The summed E-state index contributed by atoms with van der Waals surface area (Å²) < 4.78 is 54.0. The van der Waals surface area contributed by atoms with Crippen LogP contribution in [0.3, 0.4) is 0 Å². The number of hydrogen-bond donors (Lipinski definition) is 1. The van der Waals surface area contributed by atoms with Crippen molar-refractivity contribution in [1.29, 1.82) is 0 Å². The highest BCUT2D eigenvalue weighted by atomic mass is 35.5. The van der Waals surface area contributed by atoms with E-state index >= 15 is 0 Å². The van der Waals surface area contributed by atoms with Gasteiger partial charge in [-0.1, -0.05) is 11.6 Å². The highest BCUT2D eigenvalue weighted by molar-refractivity contribution is 7.90. The van der Waals surface area contributed by atoms with Crippen LogP contribution in [0, 0.1) is 5.92 Å². The van der Waals surface area contributed by atoms with Crippen LogP contribution in [-0.2, 0) is 35.1 Å². The Balaban J connectivity index is 1.69. The minimum Gasteiger partial charge on any atom is -0.609 e. The van der Waals surface area contributed by atoms with E-state index in [1.54, 1.807) is 14.0 Å². The normalized spacial score (nSPS) is 22.5. The van der Waals surface area contributed by atoms with Gasteiger partial charge in [0.25, 0.3) is 11.5 Å². The van der Waals surface area contributed by atoms with Gasteiger partial charge in [-0.05, 0) is 50.8 Å². The lowest BCUT2D eigenvalue weighted by molar-refractivity contribution is -0.137. The van der Waals surface area contributed by atoms with Crippen molar-refractivity contribution >= 4 is 34.6 Å². The molecule has 0 radical (unpaired) electrons. The Hall–Kier alpha value is -2.57. The Labute approximate surface area is 219 Å². The zero-order valence-corrected chi connectivity index (χ0v) is 22.0. The summed E-state index contributed by atoms with van der Waals surface area (Å²) in [6, 6.07) is 2.13. The number of hydrogen-bond acceptors (Lipinski definition) is 5. The lowest BCUT2D eigenvalue weighted by Crippen LogP contribution is -2.47. The van der Waals surface area contributed by atoms with Gasteiger partial charge in [-0.3, -0.25) is 14.4 Å². The summed E-state index contributed by atoms with van der Waals surface area (Å²) in [5.41, 5.74) is -1.01. The molecular weight excluding hydrogens is 533 g/mol. The Morgan fingerprint density at radius 2 is 1.97 bits per heavy atom. The molecule has 8 nitrogen and oxygen atoms in total. The van der Waals surface area contributed by atoms with E-state index in [1.807, 2.05) is 0 Å². The molecule has 1 aromatic heterocycles. The van der Waals surface area contributed by atoms with Crippen molar-refractivity contribution in [3.05, 3.63) is 56.0 Å². The fourth-order valence-electron chi connectivity index (χ4n) is 5.12. The topological polar surface area (TPSA) is 107 Å². The summed E-state index contributed by atoms with van der Waals surface area (Å²) in [7, 11) is 1.55. The molecule has 13 heteroatoms. The second kappa shape index (κ2) is 10.3. The Bertz CT molecular complexity index is 1300. The molecule has 1 aliphatic carbocycles. The first-order valence-electron chi connectivity index (χ1n) is 11.7. The number of carbonyl (C=O) groups is 2. The molecule has 1 fully saturated rings. The van der Waals surface area contributed by atoms with Gasteiger partial charge in [0, 0.05) is 47.4 Å². The van der Waals surface area contributed by atoms with Crippen LogP contribution in [0.15, 0.2) is 28.2 Å². The van der Waals surface area contributed by atoms with Gasteiger partial charge in [0.15, 0.2) is 0 Å². The molecule has 4 rings (SSSR count). The summed E-state index contributed by atoms with van der Waals surface area (Å²) in [5.74, 6) is -1.03. The van der Waals surface area contributed by atoms with Gasteiger partial charge in [0.2, 0.25) is 5.91 Å². The zero-order chi connectivity index (χ0) is 27.2. The number of rotatable bonds is 4. The Kier molecular flexibility index (Phi) is 7.64. The second-order valence-electron chi connectivity index (χ2n) is 9.41. The number of aromatic nitrogens is 2. The standard InChI is InChI=1S/C24H26ClF3N4O4S/c1-12-8-16-19(11-31(12)21(34)14-5-7-18(25)17(10-14)24(26,27)28)30-23(37(3)36)32(22(16)35)15-6-4-13(9-15)20(33)29-2/h5,7,10,12-13,15H,4,6,8-9,11H2,1-3H3,(H,29,33)/t12-,13+,15+,37?/m1/s1. The van der Waals surface area contributed by atoms with E-state index in [9.17, 15) is 32.1 Å². The quantitative estimate of drug-likeness (QED) is 0.457. The molecule has 2 amide bonds. The number of amides is 2. The molecule has 1 N–H and O–H groups in total. The number of halogens is 4. The third-order valence-electron chi connectivity index (χ3n) is 7.04. The van der Waals surface area contributed by atoms with Crippen LogP contribution in [0.1, 0.15) is 59.4 Å². The molecular formula is C24H26ClF3N4O4S. The Morgan fingerprint density at radius 1 is 1.27 bits per heavy atom. The van der Waals surface area contributed by atoms with Crippen molar-refractivity contribution in [3.8, 4) is 0 Å². The summed E-state index contributed by atoms with van der Waals surface area (Å²) in [6.45, 7) is 1.58. The van der Waals surface area contributed by atoms with Crippen molar-refractivity contribution in [2.75, 3.05) is 13.3 Å². The van der Waals surface area contributed by atoms with Crippen LogP contribution >= 0.6 is 11.6 Å². The van der Waals surface area contributed by atoms with Gasteiger partial charge >= 0.3 is 11.3 Å². The molecule has 2 aromatic rings. The summed E-state index contributed by atoms with van der Waals surface area (Å²) in [5, 5.41) is 2.17. The van der Waals surface area contributed by atoms with E-state index in [2.05, 4.69) is 10.3 Å². The smallest absolute Gasteiger partial charge is 0.417 e. The first-order valence-corrected chi connectivity index (χ1v) is 13.6. The summed E-state index contributed by atoms with van der Waals surface area (Å²) >= 11 is 4.05. The van der Waals surface area contributed by atoms with Crippen LogP contribution in [0.2, 0.25) is 5.02 Å². The average Bonchev–Trinajstić information content (AvgIpc) is 3.32. The third-order valence-corrected chi connectivity index (χ3v) is 8.17.